The van der Waals surface area contributed by atoms with E-state index in [0.29, 0.717) is 37.4 Å². The topological polar surface area (TPSA) is 68.1 Å². The maximum Gasteiger partial charge on any atom is 0.314 e. The van der Waals surface area contributed by atoms with Crippen molar-refractivity contribution in [1.82, 2.24) is 4.90 Å². The van der Waals surface area contributed by atoms with Crippen molar-refractivity contribution < 1.29 is 24.0 Å². The molecule has 2 atom stereocenters. The van der Waals surface area contributed by atoms with Crippen LogP contribution in [0.1, 0.15) is 40.5 Å². The summed E-state index contributed by atoms with van der Waals surface area (Å²) in [5.41, 5.74) is 0.973. The van der Waals surface area contributed by atoms with E-state index in [2.05, 4.69) is 0 Å². The molecule has 0 saturated carbocycles. The third-order valence-electron chi connectivity index (χ3n) is 4.81. The van der Waals surface area contributed by atoms with E-state index in [1.165, 1.54) is 9.80 Å². The molecule has 1 unspecified atom stereocenters. The highest BCUT2D eigenvalue weighted by Gasteiger charge is 2.36. The number of ether oxygens (including phenoxy) is 1. The van der Waals surface area contributed by atoms with Gasteiger partial charge in [0.05, 0.1) is 43.9 Å². The largest absolute Gasteiger partial charge is 0.466 e. The van der Waals surface area contributed by atoms with Crippen LogP contribution in [-0.2, 0) is 9.53 Å². The second-order valence-electron chi connectivity index (χ2n) is 6.35. The molecule has 6 nitrogen and oxygen atoms in total. The third kappa shape index (κ3) is 3.19. The summed E-state index contributed by atoms with van der Waals surface area (Å²) >= 11 is 0. The molecule has 0 radical (unpaired) electrons. The Kier molecular flexibility index (Phi) is 4.94. The normalized spacial score (nSPS) is 23.3. The summed E-state index contributed by atoms with van der Waals surface area (Å²) in [6, 6.07) is 6.93. The summed E-state index contributed by atoms with van der Waals surface area (Å²) in [5.74, 6) is -0.630. The van der Waals surface area contributed by atoms with E-state index in [0.717, 1.165) is 19.4 Å². The van der Waals surface area contributed by atoms with Gasteiger partial charge in [-0.05, 0) is 31.9 Å². The van der Waals surface area contributed by atoms with E-state index in [-0.39, 0.29) is 23.7 Å². The Labute approximate surface area is 141 Å². The quantitative estimate of drug-likeness (QED) is 0.616. The number of hydrogen-bond donors (Lipinski definition) is 1. The van der Waals surface area contributed by atoms with Crippen LogP contribution in [0.3, 0.4) is 0 Å². The van der Waals surface area contributed by atoms with Crippen molar-refractivity contribution in [3.8, 4) is 0 Å². The van der Waals surface area contributed by atoms with Crippen LogP contribution in [0.4, 0.5) is 0 Å². The molecule has 1 aromatic rings. The van der Waals surface area contributed by atoms with Gasteiger partial charge in [0.15, 0.2) is 0 Å². The maximum atomic E-state index is 12.4. The summed E-state index contributed by atoms with van der Waals surface area (Å²) in [5, 5.41) is 0. The first-order valence-electron chi connectivity index (χ1n) is 8.57. The number of carbonyl (C=O) groups is 3. The van der Waals surface area contributed by atoms with Crippen molar-refractivity contribution in [2.75, 3.05) is 32.8 Å². The minimum absolute atomic E-state index is 0.0733. The number of quaternary nitrogens is 1. The first-order valence-corrected chi connectivity index (χ1v) is 8.57. The summed E-state index contributed by atoms with van der Waals surface area (Å²) < 4.78 is 5.11. The van der Waals surface area contributed by atoms with Gasteiger partial charge in [-0.15, -0.1) is 0 Å². The highest BCUT2D eigenvalue weighted by atomic mass is 16.5. The number of nitrogens with one attached hydrogen (secondary N) is 1. The fraction of sp³-hybridized carbons (Fsp3) is 0.500. The predicted molar refractivity (Wildman–Crippen MR) is 86.7 cm³/mol. The number of carbonyl (C=O) groups excluding carboxylic acids is 3. The molecule has 2 aliphatic rings. The van der Waals surface area contributed by atoms with Crippen molar-refractivity contribution in [2.24, 2.45) is 5.92 Å². The van der Waals surface area contributed by atoms with Crippen molar-refractivity contribution in [3.63, 3.8) is 0 Å². The number of amides is 2. The zero-order valence-corrected chi connectivity index (χ0v) is 13.9. The Bertz CT molecular complexity index is 623. The van der Waals surface area contributed by atoms with Crippen LogP contribution in [0.2, 0.25) is 0 Å². The predicted octanol–water partition coefficient (Wildman–Crippen LogP) is 0.141. The highest BCUT2D eigenvalue weighted by Crippen LogP contribution is 2.21. The average molecular weight is 331 g/mol. The fourth-order valence-electron chi connectivity index (χ4n) is 3.55. The van der Waals surface area contributed by atoms with E-state index in [9.17, 15) is 14.4 Å². The second kappa shape index (κ2) is 7.13. The van der Waals surface area contributed by atoms with Crippen LogP contribution in [0.25, 0.3) is 0 Å². The van der Waals surface area contributed by atoms with Gasteiger partial charge in [-0.2, -0.15) is 0 Å². The number of nitrogens with zero attached hydrogens (tertiary/aromatic N) is 1. The minimum Gasteiger partial charge on any atom is -0.466 e. The molecule has 1 fully saturated rings. The van der Waals surface area contributed by atoms with Gasteiger partial charge in [-0.1, -0.05) is 12.1 Å². The molecular formula is C18H23N2O4+. The lowest BCUT2D eigenvalue weighted by atomic mass is 9.98. The lowest BCUT2D eigenvalue weighted by Gasteiger charge is -2.29. The smallest absolute Gasteiger partial charge is 0.314 e. The number of piperidine rings is 1. The van der Waals surface area contributed by atoms with Crippen LogP contribution >= 0.6 is 0 Å². The van der Waals surface area contributed by atoms with E-state index in [1.54, 1.807) is 24.3 Å². The van der Waals surface area contributed by atoms with Crippen LogP contribution in [0.5, 0.6) is 0 Å². The molecule has 1 N–H and O–H groups in total. The standard InChI is InChI=1S/C18H22N2O4/c1-2-24-18(23)13-6-5-9-19(12-13)10-11-20-16(21)14-7-3-4-8-15(14)17(20)22/h3-4,7-8,13H,2,5-6,9-12H2,1H3/p+1/t13-/m0/s1. The van der Waals surface area contributed by atoms with Crippen LogP contribution in [0.15, 0.2) is 24.3 Å². The maximum absolute atomic E-state index is 12.4. The number of hydrogen-bond acceptors (Lipinski definition) is 4. The van der Waals surface area contributed by atoms with Gasteiger partial charge in [0.1, 0.15) is 5.92 Å². The van der Waals surface area contributed by atoms with Gasteiger partial charge in [0.2, 0.25) is 0 Å². The van der Waals surface area contributed by atoms with Gasteiger partial charge in [0.25, 0.3) is 11.8 Å². The molecule has 3 rings (SSSR count). The molecule has 2 heterocycles. The van der Waals surface area contributed by atoms with Crippen molar-refractivity contribution in [2.45, 2.75) is 19.8 Å². The zero-order chi connectivity index (χ0) is 17.1. The first-order chi connectivity index (χ1) is 11.6. The monoisotopic (exact) mass is 331 g/mol. The Balaban J connectivity index is 1.58. The van der Waals surface area contributed by atoms with Gasteiger partial charge >= 0.3 is 5.97 Å². The van der Waals surface area contributed by atoms with Crippen LogP contribution in [0, 0.1) is 5.92 Å². The Morgan fingerprint density at radius 3 is 2.54 bits per heavy atom. The van der Waals surface area contributed by atoms with Crippen LogP contribution in [-0.4, -0.2) is 55.5 Å². The lowest BCUT2D eigenvalue weighted by molar-refractivity contribution is -0.906. The van der Waals surface area contributed by atoms with Crippen molar-refractivity contribution in [3.05, 3.63) is 35.4 Å². The number of likely N-dealkylation sites (tertiary alicyclic amines) is 1. The molecule has 0 bridgehead atoms. The van der Waals surface area contributed by atoms with Gasteiger partial charge in [-0.3, -0.25) is 19.3 Å². The Hall–Kier alpha value is -2.21. The first kappa shape index (κ1) is 16.6. The van der Waals surface area contributed by atoms with E-state index in [4.69, 9.17) is 4.74 Å². The summed E-state index contributed by atoms with van der Waals surface area (Å²) in [6.07, 6.45) is 1.82. The van der Waals surface area contributed by atoms with E-state index in [1.807, 2.05) is 6.92 Å². The van der Waals surface area contributed by atoms with Gasteiger partial charge in [0, 0.05) is 0 Å². The minimum atomic E-state index is -0.214. The number of benzene rings is 1. The average Bonchev–Trinajstić information content (AvgIpc) is 2.85. The third-order valence-corrected chi connectivity index (χ3v) is 4.81. The van der Waals surface area contributed by atoms with E-state index < -0.39 is 0 Å². The fourth-order valence-corrected chi connectivity index (χ4v) is 3.55. The number of imide groups is 1. The molecular weight excluding hydrogens is 308 g/mol. The molecule has 24 heavy (non-hydrogen) atoms. The summed E-state index contributed by atoms with van der Waals surface area (Å²) in [6.45, 7) is 4.94. The van der Waals surface area contributed by atoms with Crippen molar-refractivity contribution >= 4 is 17.8 Å². The highest BCUT2D eigenvalue weighted by molar-refractivity contribution is 6.21. The Morgan fingerprint density at radius 1 is 1.25 bits per heavy atom. The zero-order valence-electron chi connectivity index (χ0n) is 13.9. The molecule has 0 spiro atoms. The number of esters is 1. The molecule has 2 aliphatic heterocycles. The van der Waals surface area contributed by atoms with Gasteiger partial charge < -0.3 is 9.64 Å². The van der Waals surface area contributed by atoms with Crippen molar-refractivity contribution in [1.29, 1.82) is 0 Å². The molecule has 2 amide bonds. The molecule has 6 heteroatoms. The molecule has 128 valence electrons. The van der Waals surface area contributed by atoms with E-state index >= 15 is 0 Å². The lowest BCUT2D eigenvalue weighted by Crippen LogP contribution is -3.14. The SMILES string of the molecule is CCOC(=O)[C@H]1CCC[NH+](CCN2C(=O)c3ccccc3C2=O)C1. The number of fused-ring (bicyclic) bond motifs is 1. The summed E-state index contributed by atoms with van der Waals surface area (Å²) in [7, 11) is 0. The second-order valence-corrected chi connectivity index (χ2v) is 6.35. The number of rotatable bonds is 5. The molecule has 1 saturated heterocycles. The molecule has 0 aliphatic carbocycles. The van der Waals surface area contributed by atoms with Crippen LogP contribution < -0.4 is 4.90 Å². The molecule has 1 aromatic carbocycles. The summed E-state index contributed by atoms with van der Waals surface area (Å²) in [4.78, 5) is 39.2. The molecule has 0 aromatic heterocycles. The Morgan fingerprint density at radius 2 is 1.92 bits per heavy atom. The van der Waals surface area contributed by atoms with Gasteiger partial charge in [-0.25, -0.2) is 0 Å².